The first-order chi connectivity index (χ1) is 16.6. The third kappa shape index (κ3) is 5.47. The predicted octanol–water partition coefficient (Wildman–Crippen LogP) is 5.18. The topological polar surface area (TPSA) is 96.7 Å². The Bertz CT molecular complexity index is 1310. The highest BCUT2D eigenvalue weighted by Crippen LogP contribution is 2.28. The molecule has 2 heterocycles. The quantitative estimate of drug-likeness (QED) is 0.248. The van der Waals surface area contributed by atoms with Gasteiger partial charge in [-0.2, -0.15) is 10.4 Å². The van der Waals surface area contributed by atoms with Crippen LogP contribution >= 0.6 is 23.1 Å². The molecule has 0 unspecified atom stereocenters. The first kappa shape index (κ1) is 23.5. The second-order valence-corrected chi connectivity index (χ2v) is 9.48. The number of halogens is 1. The van der Waals surface area contributed by atoms with E-state index in [0.717, 1.165) is 10.6 Å². The molecule has 6 nitrogen and oxygen atoms in total. The van der Waals surface area contributed by atoms with Gasteiger partial charge in [0, 0.05) is 22.1 Å². The van der Waals surface area contributed by atoms with Gasteiger partial charge in [-0.3, -0.25) is 4.79 Å². The summed E-state index contributed by atoms with van der Waals surface area (Å²) in [5.74, 6) is 0.533. The fourth-order valence-corrected chi connectivity index (χ4v) is 5.25. The summed E-state index contributed by atoms with van der Waals surface area (Å²) in [5.41, 5.74) is 8.17. The third-order valence-electron chi connectivity index (χ3n) is 5.13. The minimum Gasteiger partial charge on any atom is -0.382 e. The first-order valence-electron chi connectivity index (χ1n) is 10.6. The van der Waals surface area contributed by atoms with Crippen LogP contribution in [-0.2, 0) is 12.2 Å². The molecule has 0 saturated carbocycles. The van der Waals surface area contributed by atoms with Crippen LogP contribution in [0.1, 0.15) is 32.9 Å². The van der Waals surface area contributed by atoms with Gasteiger partial charge in [-0.05, 0) is 60.7 Å². The molecule has 172 valence electrons. The van der Waals surface area contributed by atoms with Crippen molar-refractivity contribution in [3.05, 3.63) is 93.6 Å². The monoisotopic (exact) mass is 491 g/mol. The van der Waals surface area contributed by atoms with Crippen LogP contribution in [0, 0.1) is 17.1 Å². The molecule has 1 amide bonds. The molecule has 0 aliphatic carbocycles. The molecular formula is C25H22FN5OS2. The Morgan fingerprint density at radius 1 is 1.18 bits per heavy atom. The smallest absolute Gasteiger partial charge is 0.252 e. The molecule has 0 fully saturated rings. The maximum atomic E-state index is 13.2. The molecule has 0 spiro atoms. The number of nitrogen functional groups attached to an aromatic ring is 1. The predicted molar refractivity (Wildman–Crippen MR) is 134 cm³/mol. The van der Waals surface area contributed by atoms with E-state index in [2.05, 4.69) is 22.6 Å². The zero-order valence-corrected chi connectivity index (χ0v) is 19.8. The second kappa shape index (κ2) is 11.0. The Hall–Kier alpha value is -3.61. The number of amides is 1. The van der Waals surface area contributed by atoms with Gasteiger partial charge in [-0.1, -0.05) is 18.2 Å². The summed E-state index contributed by atoms with van der Waals surface area (Å²) in [6.45, 7) is 0.428. The number of carbonyl (C=O) groups excluding carboxylic acids is 1. The molecule has 0 bridgehead atoms. The van der Waals surface area contributed by atoms with Crippen LogP contribution in [0.5, 0.6) is 0 Å². The number of aryl methyl sites for hydroxylation is 1. The molecule has 0 radical (unpaired) electrons. The Morgan fingerprint density at radius 3 is 2.71 bits per heavy atom. The van der Waals surface area contributed by atoms with Crippen LogP contribution in [0.4, 0.5) is 10.2 Å². The maximum absolute atomic E-state index is 13.2. The van der Waals surface area contributed by atoms with E-state index in [-0.39, 0.29) is 17.5 Å². The number of carbonyl (C=O) groups is 1. The zero-order valence-electron chi connectivity index (χ0n) is 18.2. The van der Waals surface area contributed by atoms with Crippen molar-refractivity contribution in [3.8, 4) is 11.8 Å². The Morgan fingerprint density at radius 2 is 1.97 bits per heavy atom. The summed E-state index contributed by atoms with van der Waals surface area (Å²) in [7, 11) is 0. The van der Waals surface area contributed by atoms with Gasteiger partial charge < -0.3 is 11.1 Å². The minimum absolute atomic E-state index is 0.133. The van der Waals surface area contributed by atoms with E-state index >= 15 is 0 Å². The molecule has 0 aliphatic rings. The first-order valence-corrected chi connectivity index (χ1v) is 12.5. The molecule has 2 aromatic heterocycles. The van der Waals surface area contributed by atoms with Crippen molar-refractivity contribution in [2.24, 2.45) is 0 Å². The van der Waals surface area contributed by atoms with Gasteiger partial charge in [0.15, 0.2) is 0 Å². The Labute approximate surface area is 205 Å². The van der Waals surface area contributed by atoms with E-state index in [0.29, 0.717) is 41.9 Å². The molecule has 4 rings (SSSR count). The number of nitrogens with zero attached hydrogens (tertiary/aromatic N) is 3. The molecule has 34 heavy (non-hydrogen) atoms. The number of nitrogens with two attached hydrogens (primary N) is 1. The van der Waals surface area contributed by atoms with E-state index in [4.69, 9.17) is 5.73 Å². The SMILES string of the molecule is N#Cc1c(CCCNC(=O)c2ccccc2SCc2cccs2)nn(-c2ccc(F)cc2)c1N. The lowest BCUT2D eigenvalue weighted by Crippen LogP contribution is -2.25. The maximum Gasteiger partial charge on any atom is 0.252 e. The number of anilines is 1. The summed E-state index contributed by atoms with van der Waals surface area (Å²) in [6, 6.07) is 19.5. The molecule has 0 atom stereocenters. The third-order valence-corrected chi connectivity index (χ3v) is 7.32. The summed E-state index contributed by atoms with van der Waals surface area (Å²) >= 11 is 3.34. The molecule has 0 aliphatic heterocycles. The van der Waals surface area contributed by atoms with Crippen molar-refractivity contribution in [1.29, 1.82) is 5.26 Å². The van der Waals surface area contributed by atoms with Gasteiger partial charge in [0.05, 0.1) is 16.9 Å². The zero-order chi connectivity index (χ0) is 23.9. The lowest BCUT2D eigenvalue weighted by Gasteiger charge is -2.09. The highest BCUT2D eigenvalue weighted by molar-refractivity contribution is 7.98. The fraction of sp³-hybridized carbons (Fsp3) is 0.160. The van der Waals surface area contributed by atoms with Crippen molar-refractivity contribution < 1.29 is 9.18 Å². The van der Waals surface area contributed by atoms with Crippen LogP contribution in [0.3, 0.4) is 0 Å². The highest BCUT2D eigenvalue weighted by atomic mass is 32.2. The number of nitriles is 1. The van der Waals surface area contributed by atoms with Gasteiger partial charge in [0.25, 0.3) is 5.91 Å². The van der Waals surface area contributed by atoms with Crippen LogP contribution in [0.25, 0.3) is 5.69 Å². The van der Waals surface area contributed by atoms with Crippen LogP contribution in [-0.4, -0.2) is 22.2 Å². The van der Waals surface area contributed by atoms with Gasteiger partial charge in [0.2, 0.25) is 0 Å². The van der Waals surface area contributed by atoms with Crippen LogP contribution in [0.2, 0.25) is 0 Å². The molecule has 4 aromatic rings. The minimum atomic E-state index is -0.363. The average molecular weight is 492 g/mol. The van der Waals surface area contributed by atoms with Crippen molar-refractivity contribution in [2.45, 2.75) is 23.5 Å². The second-order valence-electron chi connectivity index (χ2n) is 7.43. The fourth-order valence-electron chi connectivity index (χ4n) is 3.43. The molecule has 0 saturated heterocycles. The van der Waals surface area contributed by atoms with E-state index in [9.17, 15) is 14.4 Å². The summed E-state index contributed by atoms with van der Waals surface area (Å²) < 4.78 is 14.7. The molecule has 9 heteroatoms. The van der Waals surface area contributed by atoms with Gasteiger partial charge >= 0.3 is 0 Å². The van der Waals surface area contributed by atoms with Crippen molar-refractivity contribution in [2.75, 3.05) is 12.3 Å². The Balaban J connectivity index is 1.36. The number of aromatic nitrogens is 2. The van der Waals surface area contributed by atoms with Crippen LogP contribution in [0.15, 0.2) is 70.9 Å². The number of benzene rings is 2. The summed E-state index contributed by atoms with van der Waals surface area (Å²) in [5, 5.41) is 19.0. The van der Waals surface area contributed by atoms with E-state index in [1.54, 1.807) is 35.2 Å². The van der Waals surface area contributed by atoms with Crippen molar-refractivity contribution in [3.63, 3.8) is 0 Å². The van der Waals surface area contributed by atoms with Crippen LogP contribution < -0.4 is 11.1 Å². The highest BCUT2D eigenvalue weighted by Gasteiger charge is 2.17. The van der Waals surface area contributed by atoms with Gasteiger partial charge in [0.1, 0.15) is 23.3 Å². The van der Waals surface area contributed by atoms with Crippen molar-refractivity contribution in [1.82, 2.24) is 15.1 Å². The normalized spacial score (nSPS) is 10.7. The van der Waals surface area contributed by atoms with Gasteiger partial charge in [-0.15, -0.1) is 23.1 Å². The lowest BCUT2D eigenvalue weighted by molar-refractivity contribution is 0.0950. The average Bonchev–Trinajstić information content (AvgIpc) is 3.48. The summed E-state index contributed by atoms with van der Waals surface area (Å²) in [4.78, 5) is 15.0. The molecular weight excluding hydrogens is 469 g/mol. The van der Waals surface area contributed by atoms with E-state index < -0.39 is 0 Å². The molecule has 2 aromatic carbocycles. The Kier molecular flexibility index (Phi) is 7.62. The standard InChI is InChI=1S/C25H22FN5OS2/c26-17-9-11-18(12-10-17)31-24(28)21(15-27)22(30-31)7-3-13-29-25(32)20-6-1-2-8-23(20)34-16-19-5-4-14-33-19/h1-2,4-6,8-12,14H,3,7,13,16,28H2,(H,29,32). The van der Waals surface area contributed by atoms with Gasteiger partial charge in [-0.25, -0.2) is 9.07 Å². The number of hydrogen-bond acceptors (Lipinski definition) is 6. The molecule has 3 N–H and O–H groups in total. The van der Waals surface area contributed by atoms with Crippen molar-refractivity contribution >= 4 is 34.8 Å². The lowest BCUT2D eigenvalue weighted by atomic mass is 10.1. The van der Waals surface area contributed by atoms with E-state index in [1.165, 1.54) is 21.7 Å². The number of nitrogens with one attached hydrogen (secondary N) is 1. The number of thiophene rings is 1. The largest absolute Gasteiger partial charge is 0.382 e. The number of rotatable bonds is 9. The number of hydrogen-bond donors (Lipinski definition) is 2. The number of thioether (sulfide) groups is 1. The van der Waals surface area contributed by atoms with E-state index in [1.807, 2.05) is 35.7 Å². The summed E-state index contributed by atoms with van der Waals surface area (Å²) in [6.07, 6.45) is 1.06.